The van der Waals surface area contributed by atoms with Crippen LogP contribution in [0, 0.1) is 12.3 Å². The summed E-state index contributed by atoms with van der Waals surface area (Å²) in [6.07, 6.45) is 10.4. The first-order chi connectivity index (χ1) is 10.9. The predicted molar refractivity (Wildman–Crippen MR) is 81.1 cm³/mol. The van der Waals surface area contributed by atoms with Crippen molar-refractivity contribution < 1.29 is 14.7 Å². The van der Waals surface area contributed by atoms with E-state index in [1.807, 2.05) is 0 Å². The Hall–Kier alpha value is -2.69. The van der Waals surface area contributed by atoms with Crippen molar-refractivity contribution >= 4 is 11.9 Å². The molecule has 122 valence electrons. The Morgan fingerprint density at radius 1 is 1.43 bits per heavy atom. The van der Waals surface area contributed by atoms with Gasteiger partial charge in [0.25, 0.3) is 0 Å². The Bertz CT molecular complexity index is 652. The number of carbonyl (C=O) groups is 2. The number of hydrogen-bond donors (Lipinski definition) is 1. The monoisotopic (exact) mass is 317 g/mol. The fourth-order valence-electron chi connectivity index (χ4n) is 2.30. The SMILES string of the molecule is C#CCCC1(CCC(=O)N(CC(=O)O)Cc2cnn(C)c2)N=N1. The summed E-state index contributed by atoms with van der Waals surface area (Å²) in [6, 6.07) is 0. The predicted octanol–water partition coefficient (Wildman–Crippen LogP) is 1.19. The molecule has 1 aliphatic rings. The van der Waals surface area contributed by atoms with Gasteiger partial charge in [0.2, 0.25) is 5.91 Å². The van der Waals surface area contributed by atoms with E-state index in [1.165, 1.54) is 4.90 Å². The minimum Gasteiger partial charge on any atom is -0.480 e. The first-order valence-electron chi connectivity index (χ1n) is 7.29. The average Bonchev–Trinajstić information content (AvgIpc) is 3.16. The van der Waals surface area contributed by atoms with Crippen molar-refractivity contribution in [3.8, 4) is 12.3 Å². The van der Waals surface area contributed by atoms with Gasteiger partial charge in [0.15, 0.2) is 5.66 Å². The van der Waals surface area contributed by atoms with Gasteiger partial charge < -0.3 is 10.0 Å². The summed E-state index contributed by atoms with van der Waals surface area (Å²) in [5.74, 6) is 1.24. The molecule has 0 spiro atoms. The molecule has 1 aromatic heterocycles. The topological polar surface area (TPSA) is 100 Å². The lowest BCUT2D eigenvalue weighted by atomic mass is 10.0. The van der Waals surface area contributed by atoms with Crippen molar-refractivity contribution in [1.82, 2.24) is 14.7 Å². The Balaban J connectivity index is 1.91. The third-order valence-electron chi connectivity index (χ3n) is 3.60. The summed E-state index contributed by atoms with van der Waals surface area (Å²) in [7, 11) is 1.76. The maximum Gasteiger partial charge on any atom is 0.323 e. The number of carboxylic acid groups (broad SMARTS) is 1. The Morgan fingerprint density at radius 3 is 2.70 bits per heavy atom. The van der Waals surface area contributed by atoms with Crippen LogP contribution in [0.2, 0.25) is 0 Å². The summed E-state index contributed by atoms with van der Waals surface area (Å²) >= 11 is 0. The molecule has 0 atom stereocenters. The van der Waals surface area contributed by atoms with Crippen LogP contribution < -0.4 is 0 Å². The van der Waals surface area contributed by atoms with E-state index in [1.54, 1.807) is 24.1 Å². The average molecular weight is 317 g/mol. The second-order valence-electron chi connectivity index (χ2n) is 5.55. The van der Waals surface area contributed by atoms with Crippen LogP contribution >= 0.6 is 0 Å². The van der Waals surface area contributed by atoms with Gasteiger partial charge in [-0.3, -0.25) is 14.3 Å². The number of rotatable bonds is 9. The molecule has 0 aromatic carbocycles. The molecule has 0 radical (unpaired) electrons. The van der Waals surface area contributed by atoms with Gasteiger partial charge in [-0.2, -0.15) is 15.3 Å². The smallest absolute Gasteiger partial charge is 0.323 e. The molecule has 0 fully saturated rings. The Kier molecular flexibility index (Phi) is 5.11. The van der Waals surface area contributed by atoms with Crippen LogP contribution in [0.3, 0.4) is 0 Å². The lowest BCUT2D eigenvalue weighted by molar-refractivity contribution is -0.145. The van der Waals surface area contributed by atoms with E-state index in [9.17, 15) is 9.59 Å². The lowest BCUT2D eigenvalue weighted by Crippen LogP contribution is -2.35. The van der Waals surface area contributed by atoms with E-state index in [-0.39, 0.29) is 25.4 Å². The van der Waals surface area contributed by atoms with Crippen molar-refractivity contribution in [2.45, 2.75) is 37.9 Å². The minimum absolute atomic E-state index is 0.186. The standard InChI is InChI=1S/C15H19N5O3/c1-3-4-6-15(17-18-15)7-5-13(21)20(11-14(22)23)10-12-8-16-19(2)9-12/h1,8-9H,4-7,10-11H2,2H3,(H,22,23). The van der Waals surface area contributed by atoms with Crippen molar-refractivity contribution in [2.75, 3.05) is 6.54 Å². The minimum atomic E-state index is -1.05. The van der Waals surface area contributed by atoms with Gasteiger partial charge in [-0.05, 0) is 0 Å². The molecular weight excluding hydrogens is 298 g/mol. The summed E-state index contributed by atoms with van der Waals surface area (Å²) in [4.78, 5) is 24.6. The lowest BCUT2D eigenvalue weighted by Gasteiger charge is -2.20. The molecule has 8 nitrogen and oxygen atoms in total. The highest BCUT2D eigenvalue weighted by Gasteiger charge is 2.39. The number of carbonyl (C=O) groups excluding carboxylic acids is 1. The summed E-state index contributed by atoms with van der Waals surface area (Å²) in [5, 5.41) is 21.0. The number of aliphatic carboxylic acids is 1. The van der Waals surface area contributed by atoms with E-state index < -0.39 is 11.6 Å². The maximum absolute atomic E-state index is 12.3. The normalized spacial score (nSPS) is 14.3. The number of terminal acetylenes is 1. The maximum atomic E-state index is 12.3. The molecule has 0 saturated carbocycles. The zero-order valence-electron chi connectivity index (χ0n) is 13.0. The molecule has 2 heterocycles. The number of carboxylic acids is 1. The summed E-state index contributed by atoms with van der Waals surface area (Å²) in [6.45, 7) is -0.135. The third kappa shape index (κ3) is 4.92. The van der Waals surface area contributed by atoms with E-state index in [2.05, 4.69) is 21.2 Å². The molecule has 0 aliphatic carbocycles. The zero-order valence-corrected chi connectivity index (χ0v) is 13.0. The van der Waals surface area contributed by atoms with Crippen LogP contribution in [0.1, 0.15) is 31.2 Å². The zero-order chi connectivity index (χ0) is 16.9. The van der Waals surface area contributed by atoms with Crippen LogP contribution in [0.15, 0.2) is 22.6 Å². The van der Waals surface area contributed by atoms with Crippen molar-refractivity contribution in [2.24, 2.45) is 17.3 Å². The second kappa shape index (κ2) is 7.05. The Labute approximate surface area is 134 Å². The highest BCUT2D eigenvalue weighted by atomic mass is 16.4. The molecule has 8 heteroatoms. The van der Waals surface area contributed by atoms with Gasteiger partial charge in [0, 0.05) is 51.0 Å². The van der Waals surface area contributed by atoms with Crippen LogP contribution in [0.4, 0.5) is 0 Å². The number of aromatic nitrogens is 2. The number of hydrogen-bond acceptors (Lipinski definition) is 5. The largest absolute Gasteiger partial charge is 0.480 e. The quantitative estimate of drug-likeness (QED) is 0.691. The van der Waals surface area contributed by atoms with Gasteiger partial charge in [-0.15, -0.1) is 12.3 Å². The van der Waals surface area contributed by atoms with E-state index in [4.69, 9.17) is 11.5 Å². The molecule has 23 heavy (non-hydrogen) atoms. The van der Waals surface area contributed by atoms with Gasteiger partial charge >= 0.3 is 5.97 Å². The fourth-order valence-corrected chi connectivity index (χ4v) is 2.30. The fraction of sp³-hybridized carbons (Fsp3) is 0.533. The third-order valence-corrected chi connectivity index (χ3v) is 3.60. The van der Waals surface area contributed by atoms with Crippen molar-refractivity contribution in [3.63, 3.8) is 0 Å². The molecule has 0 saturated heterocycles. The molecule has 0 unspecified atom stereocenters. The highest BCUT2D eigenvalue weighted by molar-refractivity contribution is 5.81. The van der Waals surface area contributed by atoms with Gasteiger partial charge in [0.1, 0.15) is 6.54 Å². The highest BCUT2D eigenvalue weighted by Crippen LogP contribution is 2.37. The first kappa shape index (κ1) is 16.7. The first-order valence-corrected chi connectivity index (χ1v) is 7.29. The number of nitrogens with zero attached hydrogens (tertiary/aromatic N) is 5. The van der Waals surface area contributed by atoms with E-state index >= 15 is 0 Å². The van der Waals surface area contributed by atoms with Gasteiger partial charge in [0.05, 0.1) is 6.20 Å². The van der Waals surface area contributed by atoms with Crippen molar-refractivity contribution in [3.05, 3.63) is 18.0 Å². The molecule has 2 rings (SSSR count). The number of aryl methyl sites for hydroxylation is 1. The van der Waals surface area contributed by atoms with Crippen LogP contribution in [-0.2, 0) is 23.2 Å². The van der Waals surface area contributed by atoms with Gasteiger partial charge in [-0.1, -0.05) is 0 Å². The Morgan fingerprint density at radius 2 is 2.17 bits per heavy atom. The molecule has 1 aliphatic heterocycles. The number of amides is 1. The summed E-state index contributed by atoms with van der Waals surface area (Å²) in [5.41, 5.74) is 0.246. The van der Waals surface area contributed by atoms with Crippen LogP contribution in [0.25, 0.3) is 0 Å². The molecule has 1 N–H and O–H groups in total. The van der Waals surface area contributed by atoms with Crippen LogP contribution in [-0.4, -0.2) is 43.9 Å². The van der Waals surface area contributed by atoms with Crippen LogP contribution in [0.5, 0.6) is 0 Å². The molecule has 1 aromatic rings. The second-order valence-corrected chi connectivity index (χ2v) is 5.55. The van der Waals surface area contributed by atoms with Crippen molar-refractivity contribution in [1.29, 1.82) is 0 Å². The molecule has 0 bridgehead atoms. The molecule has 1 amide bonds. The molecular formula is C15H19N5O3. The van der Waals surface area contributed by atoms with E-state index in [0.29, 0.717) is 19.3 Å². The van der Waals surface area contributed by atoms with Gasteiger partial charge in [-0.25, -0.2) is 0 Å². The summed E-state index contributed by atoms with van der Waals surface area (Å²) < 4.78 is 1.61. The van der Waals surface area contributed by atoms with E-state index in [0.717, 1.165) is 5.56 Å².